The third kappa shape index (κ3) is 4.26. The van der Waals surface area contributed by atoms with Crippen LogP contribution in [0.15, 0.2) is 0 Å². The highest BCUT2D eigenvalue weighted by molar-refractivity contribution is 5.85. The van der Waals surface area contributed by atoms with Gasteiger partial charge < -0.3 is 10.2 Å². The van der Waals surface area contributed by atoms with Crippen molar-refractivity contribution in [2.45, 2.75) is 45.3 Å². The Kier molecular flexibility index (Phi) is 7.68. The molecule has 96 valence electrons. The monoisotopic (exact) mass is 252 g/mol. The van der Waals surface area contributed by atoms with Crippen molar-refractivity contribution in [3.8, 4) is 0 Å². The van der Waals surface area contributed by atoms with Gasteiger partial charge in [0.15, 0.2) is 0 Å². The molecule has 0 bridgehead atoms. The molecule has 1 amide bonds. The van der Waals surface area contributed by atoms with Crippen LogP contribution in [-0.2, 0) is 4.79 Å². The Morgan fingerprint density at radius 3 is 2.31 bits per heavy atom. The number of carbonyl (C=O) groups excluding carboxylic acids is 1. The summed E-state index contributed by atoms with van der Waals surface area (Å²) in [7, 11) is 0. The molecule has 1 aliphatic heterocycles. The number of alkyl halides is 1. The summed E-state index contributed by atoms with van der Waals surface area (Å²) in [5.74, 6) is 0.0684. The summed E-state index contributed by atoms with van der Waals surface area (Å²) in [5.41, 5.74) is 0. The SMILES string of the molecule is CCCN(CCC)C(=O)[C@H]1C[C@H](F)CN1.Cl. The molecule has 0 radical (unpaired) electrons. The Labute approximate surface area is 103 Å². The van der Waals surface area contributed by atoms with E-state index in [1.54, 1.807) is 0 Å². The number of hydrogen-bond donors (Lipinski definition) is 1. The highest BCUT2D eigenvalue weighted by Gasteiger charge is 2.31. The van der Waals surface area contributed by atoms with Gasteiger partial charge in [-0.05, 0) is 12.8 Å². The molecule has 2 atom stereocenters. The zero-order valence-electron chi connectivity index (χ0n) is 10.0. The highest BCUT2D eigenvalue weighted by atomic mass is 35.5. The first-order valence-electron chi connectivity index (χ1n) is 5.85. The van der Waals surface area contributed by atoms with Crippen LogP contribution in [0.5, 0.6) is 0 Å². The maximum atomic E-state index is 12.9. The summed E-state index contributed by atoms with van der Waals surface area (Å²) in [5, 5.41) is 2.94. The number of nitrogens with zero attached hydrogens (tertiary/aromatic N) is 1. The van der Waals surface area contributed by atoms with E-state index in [-0.39, 0.29) is 24.4 Å². The summed E-state index contributed by atoms with van der Waals surface area (Å²) in [6.45, 7) is 5.98. The molecule has 0 saturated carbocycles. The number of hydrogen-bond acceptors (Lipinski definition) is 2. The molecule has 0 aromatic heterocycles. The van der Waals surface area contributed by atoms with Crippen molar-refractivity contribution in [2.75, 3.05) is 19.6 Å². The molecule has 1 N–H and O–H groups in total. The lowest BCUT2D eigenvalue weighted by molar-refractivity contribution is -0.133. The summed E-state index contributed by atoms with van der Waals surface area (Å²) in [6, 6.07) is -0.293. The molecule has 0 aliphatic carbocycles. The summed E-state index contributed by atoms with van der Waals surface area (Å²) in [4.78, 5) is 13.8. The highest BCUT2D eigenvalue weighted by Crippen LogP contribution is 2.13. The normalized spacial score (nSPS) is 23.9. The van der Waals surface area contributed by atoms with Gasteiger partial charge in [0, 0.05) is 26.1 Å². The minimum absolute atomic E-state index is 0. The van der Waals surface area contributed by atoms with Gasteiger partial charge in [-0.1, -0.05) is 13.8 Å². The fourth-order valence-electron chi connectivity index (χ4n) is 1.97. The first-order chi connectivity index (χ1) is 7.19. The van der Waals surface area contributed by atoms with E-state index in [2.05, 4.69) is 19.2 Å². The van der Waals surface area contributed by atoms with E-state index in [1.165, 1.54) is 0 Å². The molecule has 0 unspecified atom stereocenters. The van der Waals surface area contributed by atoms with Crippen molar-refractivity contribution in [2.24, 2.45) is 0 Å². The van der Waals surface area contributed by atoms with Gasteiger partial charge in [-0.15, -0.1) is 12.4 Å². The minimum atomic E-state index is -0.857. The van der Waals surface area contributed by atoms with Crippen LogP contribution in [-0.4, -0.2) is 42.7 Å². The molecule has 3 nitrogen and oxygen atoms in total. The van der Waals surface area contributed by atoms with Gasteiger partial charge in [0.1, 0.15) is 6.17 Å². The zero-order valence-corrected chi connectivity index (χ0v) is 10.9. The Morgan fingerprint density at radius 2 is 1.94 bits per heavy atom. The van der Waals surface area contributed by atoms with E-state index < -0.39 is 6.17 Å². The molecule has 1 saturated heterocycles. The van der Waals surface area contributed by atoms with Crippen LogP contribution in [0.4, 0.5) is 4.39 Å². The first-order valence-corrected chi connectivity index (χ1v) is 5.85. The van der Waals surface area contributed by atoms with Gasteiger partial charge in [-0.25, -0.2) is 4.39 Å². The van der Waals surface area contributed by atoms with E-state index in [0.29, 0.717) is 13.0 Å². The van der Waals surface area contributed by atoms with Gasteiger partial charge in [-0.2, -0.15) is 0 Å². The lowest BCUT2D eigenvalue weighted by Gasteiger charge is -2.24. The fraction of sp³-hybridized carbons (Fsp3) is 0.909. The molecule has 1 aliphatic rings. The molecule has 5 heteroatoms. The minimum Gasteiger partial charge on any atom is -0.341 e. The first kappa shape index (κ1) is 15.7. The Morgan fingerprint density at radius 1 is 1.38 bits per heavy atom. The van der Waals surface area contributed by atoms with Crippen LogP contribution < -0.4 is 5.32 Å². The number of halogens is 2. The summed E-state index contributed by atoms with van der Waals surface area (Å²) < 4.78 is 12.9. The van der Waals surface area contributed by atoms with Crippen molar-refractivity contribution in [1.29, 1.82) is 0 Å². The second-order valence-electron chi connectivity index (χ2n) is 4.12. The third-order valence-electron chi connectivity index (χ3n) is 2.67. The molecule has 1 rings (SSSR count). The fourth-order valence-corrected chi connectivity index (χ4v) is 1.97. The molecular formula is C11H22ClFN2O. The molecule has 16 heavy (non-hydrogen) atoms. The van der Waals surface area contributed by atoms with Gasteiger partial charge in [0.25, 0.3) is 0 Å². The number of amides is 1. The van der Waals surface area contributed by atoms with Crippen molar-refractivity contribution in [1.82, 2.24) is 10.2 Å². The van der Waals surface area contributed by atoms with Crippen LogP contribution >= 0.6 is 12.4 Å². The Balaban J connectivity index is 0.00000225. The Bertz CT molecular complexity index is 210. The smallest absolute Gasteiger partial charge is 0.239 e. The van der Waals surface area contributed by atoms with Gasteiger partial charge >= 0.3 is 0 Å². The van der Waals surface area contributed by atoms with E-state index in [0.717, 1.165) is 25.9 Å². The number of carbonyl (C=O) groups is 1. The van der Waals surface area contributed by atoms with Crippen LogP contribution in [0.2, 0.25) is 0 Å². The molecule has 0 spiro atoms. The number of rotatable bonds is 5. The van der Waals surface area contributed by atoms with Crippen molar-refractivity contribution in [3.63, 3.8) is 0 Å². The number of nitrogens with one attached hydrogen (secondary N) is 1. The molecule has 1 fully saturated rings. The molecular weight excluding hydrogens is 231 g/mol. The van der Waals surface area contributed by atoms with Crippen molar-refractivity contribution in [3.05, 3.63) is 0 Å². The lowest BCUT2D eigenvalue weighted by Crippen LogP contribution is -2.44. The predicted molar refractivity (Wildman–Crippen MR) is 65.7 cm³/mol. The van der Waals surface area contributed by atoms with Gasteiger partial charge in [0.05, 0.1) is 6.04 Å². The van der Waals surface area contributed by atoms with Crippen LogP contribution in [0.3, 0.4) is 0 Å². The largest absolute Gasteiger partial charge is 0.341 e. The molecule has 0 aromatic carbocycles. The van der Waals surface area contributed by atoms with Crippen molar-refractivity contribution >= 4 is 18.3 Å². The lowest BCUT2D eigenvalue weighted by atomic mass is 10.2. The quantitative estimate of drug-likeness (QED) is 0.809. The second-order valence-corrected chi connectivity index (χ2v) is 4.12. The maximum absolute atomic E-state index is 12.9. The standard InChI is InChI=1S/C11H21FN2O.ClH/c1-3-5-14(6-4-2)11(15)10-7-9(12)8-13-10;/h9-10,13H,3-8H2,1-2H3;1H/t9-,10+;/m0./s1. The van der Waals surface area contributed by atoms with Gasteiger partial charge in [0.2, 0.25) is 5.91 Å². The van der Waals surface area contributed by atoms with Crippen LogP contribution in [0, 0.1) is 0 Å². The average molecular weight is 253 g/mol. The maximum Gasteiger partial charge on any atom is 0.239 e. The predicted octanol–water partition coefficient (Wildman–Crippen LogP) is 1.76. The topological polar surface area (TPSA) is 32.3 Å². The van der Waals surface area contributed by atoms with Crippen molar-refractivity contribution < 1.29 is 9.18 Å². The van der Waals surface area contributed by atoms with Crippen LogP contribution in [0.25, 0.3) is 0 Å². The second kappa shape index (κ2) is 7.85. The average Bonchev–Trinajstić information content (AvgIpc) is 2.63. The Hall–Kier alpha value is -0.350. The molecule has 1 heterocycles. The summed E-state index contributed by atoms with van der Waals surface area (Å²) >= 11 is 0. The van der Waals surface area contributed by atoms with Crippen LogP contribution in [0.1, 0.15) is 33.1 Å². The van der Waals surface area contributed by atoms with E-state index in [4.69, 9.17) is 0 Å². The van der Waals surface area contributed by atoms with E-state index in [9.17, 15) is 9.18 Å². The van der Waals surface area contributed by atoms with E-state index in [1.807, 2.05) is 4.90 Å². The summed E-state index contributed by atoms with van der Waals surface area (Å²) in [6.07, 6.45) is 1.39. The van der Waals surface area contributed by atoms with Gasteiger partial charge in [-0.3, -0.25) is 4.79 Å². The van der Waals surface area contributed by atoms with E-state index >= 15 is 0 Å². The third-order valence-corrected chi connectivity index (χ3v) is 2.67. The zero-order chi connectivity index (χ0) is 11.3. The molecule has 0 aromatic rings.